The molecular weight excluding hydrogens is 366 g/mol. The fraction of sp³-hybridized carbons (Fsp3) is 0.444. The van der Waals surface area contributed by atoms with Crippen molar-refractivity contribution in [3.8, 4) is 0 Å². The summed E-state index contributed by atoms with van der Waals surface area (Å²) in [4.78, 5) is 10.8. The van der Waals surface area contributed by atoms with Crippen LogP contribution < -0.4 is 15.5 Å². The minimum Gasteiger partial charge on any atom is -0.378 e. The van der Waals surface area contributed by atoms with Crippen molar-refractivity contribution in [2.24, 2.45) is 0 Å². The molecule has 9 heteroatoms. The lowest BCUT2D eigenvalue weighted by Crippen LogP contribution is -2.36. The molecule has 1 atom stereocenters. The number of ether oxygens (including phenoxy) is 1. The standard InChI is InChI=1S/C18H23N5O3S/c24-27(25)10-5-14(12-27)21-17-11-18(20-13-19-17)22-15-3-1-2-4-16(15)23-6-8-26-9-7-23/h1-4,11,13-14H,5-10,12H2,(H2,19,20,21,22). The summed E-state index contributed by atoms with van der Waals surface area (Å²) in [5.41, 5.74) is 2.07. The maximum atomic E-state index is 11.6. The van der Waals surface area contributed by atoms with Crippen molar-refractivity contribution >= 4 is 32.8 Å². The average Bonchev–Trinajstić information content (AvgIpc) is 3.01. The molecule has 0 saturated carbocycles. The maximum Gasteiger partial charge on any atom is 0.152 e. The van der Waals surface area contributed by atoms with Crippen LogP contribution in [0.15, 0.2) is 36.7 Å². The van der Waals surface area contributed by atoms with E-state index in [2.05, 4.69) is 31.6 Å². The zero-order valence-corrected chi connectivity index (χ0v) is 15.8. The van der Waals surface area contributed by atoms with Gasteiger partial charge in [0.2, 0.25) is 0 Å². The predicted molar refractivity (Wildman–Crippen MR) is 105 cm³/mol. The summed E-state index contributed by atoms with van der Waals surface area (Å²) in [7, 11) is -2.93. The molecule has 2 N–H and O–H groups in total. The highest BCUT2D eigenvalue weighted by Crippen LogP contribution is 2.29. The van der Waals surface area contributed by atoms with Gasteiger partial charge in [0.25, 0.3) is 0 Å². The number of nitrogens with zero attached hydrogens (tertiary/aromatic N) is 3. The first kappa shape index (κ1) is 18.0. The molecule has 2 aromatic rings. The third-order valence-electron chi connectivity index (χ3n) is 4.77. The van der Waals surface area contributed by atoms with Crippen molar-refractivity contribution in [1.29, 1.82) is 0 Å². The van der Waals surface area contributed by atoms with Crippen LogP contribution in [-0.2, 0) is 14.6 Å². The largest absolute Gasteiger partial charge is 0.378 e. The highest BCUT2D eigenvalue weighted by atomic mass is 32.2. The van der Waals surface area contributed by atoms with Gasteiger partial charge in [0, 0.05) is 25.2 Å². The Kier molecular flexibility index (Phi) is 5.13. The van der Waals surface area contributed by atoms with Gasteiger partial charge in [-0.1, -0.05) is 12.1 Å². The van der Waals surface area contributed by atoms with Gasteiger partial charge in [0.05, 0.1) is 36.1 Å². The van der Waals surface area contributed by atoms with E-state index >= 15 is 0 Å². The number of rotatable bonds is 5. The average molecular weight is 389 g/mol. The monoisotopic (exact) mass is 389 g/mol. The van der Waals surface area contributed by atoms with Crippen LogP contribution in [0.5, 0.6) is 0 Å². The van der Waals surface area contributed by atoms with Crippen molar-refractivity contribution < 1.29 is 13.2 Å². The van der Waals surface area contributed by atoms with Gasteiger partial charge in [-0.25, -0.2) is 18.4 Å². The van der Waals surface area contributed by atoms with Gasteiger partial charge in [-0.15, -0.1) is 0 Å². The summed E-state index contributed by atoms with van der Waals surface area (Å²) < 4.78 is 28.7. The van der Waals surface area contributed by atoms with Gasteiger partial charge in [0.15, 0.2) is 9.84 Å². The van der Waals surface area contributed by atoms with E-state index < -0.39 is 9.84 Å². The van der Waals surface area contributed by atoms with Crippen molar-refractivity contribution in [3.63, 3.8) is 0 Å². The first-order valence-corrected chi connectivity index (χ1v) is 10.9. The Morgan fingerprint density at radius 1 is 1.11 bits per heavy atom. The molecule has 2 saturated heterocycles. The van der Waals surface area contributed by atoms with E-state index in [0.29, 0.717) is 18.1 Å². The fourth-order valence-electron chi connectivity index (χ4n) is 3.42. The molecule has 0 bridgehead atoms. The van der Waals surface area contributed by atoms with Crippen LogP contribution in [0.3, 0.4) is 0 Å². The number of benzene rings is 1. The minimum absolute atomic E-state index is 0.0987. The summed E-state index contributed by atoms with van der Waals surface area (Å²) in [5.74, 6) is 1.67. The van der Waals surface area contributed by atoms with Crippen molar-refractivity contribution in [1.82, 2.24) is 9.97 Å². The minimum atomic E-state index is -2.93. The normalized spacial score (nSPS) is 21.8. The number of morpholine rings is 1. The van der Waals surface area contributed by atoms with E-state index in [1.807, 2.05) is 18.2 Å². The molecule has 2 fully saturated rings. The van der Waals surface area contributed by atoms with Crippen LogP contribution in [0, 0.1) is 0 Å². The maximum absolute atomic E-state index is 11.6. The lowest BCUT2D eigenvalue weighted by Gasteiger charge is -2.30. The van der Waals surface area contributed by atoms with Crippen LogP contribution in [0.25, 0.3) is 0 Å². The number of nitrogens with one attached hydrogen (secondary N) is 2. The predicted octanol–water partition coefficient (Wildman–Crippen LogP) is 1.66. The van der Waals surface area contributed by atoms with E-state index in [1.54, 1.807) is 6.07 Å². The number of para-hydroxylation sites is 2. The van der Waals surface area contributed by atoms with Gasteiger partial charge in [-0.2, -0.15) is 0 Å². The fourth-order valence-corrected chi connectivity index (χ4v) is 5.09. The summed E-state index contributed by atoms with van der Waals surface area (Å²) in [6, 6.07) is 9.81. The van der Waals surface area contributed by atoms with Crippen LogP contribution in [0.2, 0.25) is 0 Å². The highest BCUT2D eigenvalue weighted by molar-refractivity contribution is 7.91. The second-order valence-electron chi connectivity index (χ2n) is 6.77. The van der Waals surface area contributed by atoms with Crippen LogP contribution in [0.4, 0.5) is 23.0 Å². The summed E-state index contributed by atoms with van der Waals surface area (Å²) in [6.07, 6.45) is 2.08. The zero-order valence-electron chi connectivity index (χ0n) is 15.0. The Bertz CT molecular complexity index is 899. The molecule has 1 aromatic heterocycles. The SMILES string of the molecule is O=S1(=O)CCC(Nc2cc(Nc3ccccc3N3CCOCC3)ncn2)C1. The molecule has 0 aliphatic carbocycles. The van der Waals surface area contributed by atoms with E-state index in [9.17, 15) is 8.42 Å². The van der Waals surface area contributed by atoms with Gasteiger partial charge in [-0.3, -0.25) is 0 Å². The second-order valence-corrected chi connectivity index (χ2v) is 9.00. The molecule has 2 aliphatic rings. The van der Waals surface area contributed by atoms with Gasteiger partial charge < -0.3 is 20.3 Å². The number of sulfone groups is 1. The van der Waals surface area contributed by atoms with E-state index in [0.717, 1.165) is 37.7 Å². The number of hydrogen-bond acceptors (Lipinski definition) is 8. The van der Waals surface area contributed by atoms with E-state index in [-0.39, 0.29) is 17.5 Å². The van der Waals surface area contributed by atoms with E-state index in [4.69, 9.17) is 4.74 Å². The molecule has 0 amide bonds. The molecule has 1 unspecified atom stereocenters. The molecule has 3 heterocycles. The lowest BCUT2D eigenvalue weighted by molar-refractivity contribution is 0.123. The lowest BCUT2D eigenvalue weighted by atomic mass is 10.2. The molecule has 2 aliphatic heterocycles. The van der Waals surface area contributed by atoms with Crippen LogP contribution in [-0.4, -0.2) is 62.2 Å². The molecule has 4 rings (SSSR count). The zero-order chi connectivity index (χ0) is 18.7. The molecular formula is C18H23N5O3S. The van der Waals surface area contributed by atoms with Crippen LogP contribution in [0.1, 0.15) is 6.42 Å². The third-order valence-corrected chi connectivity index (χ3v) is 6.54. The Morgan fingerprint density at radius 3 is 2.67 bits per heavy atom. The highest BCUT2D eigenvalue weighted by Gasteiger charge is 2.28. The summed E-state index contributed by atoms with van der Waals surface area (Å²) >= 11 is 0. The Labute approximate surface area is 158 Å². The molecule has 0 spiro atoms. The molecule has 0 radical (unpaired) electrons. The van der Waals surface area contributed by atoms with Crippen molar-refractivity contribution in [2.45, 2.75) is 12.5 Å². The molecule has 8 nitrogen and oxygen atoms in total. The van der Waals surface area contributed by atoms with Crippen molar-refractivity contribution in [2.75, 3.05) is 53.3 Å². The number of aromatic nitrogens is 2. The smallest absolute Gasteiger partial charge is 0.152 e. The summed E-state index contributed by atoms with van der Waals surface area (Å²) in [5, 5.41) is 6.56. The molecule has 27 heavy (non-hydrogen) atoms. The topological polar surface area (TPSA) is 96.5 Å². The Hall–Kier alpha value is -2.39. The first-order chi connectivity index (χ1) is 13.1. The van der Waals surface area contributed by atoms with Crippen molar-refractivity contribution in [3.05, 3.63) is 36.7 Å². The van der Waals surface area contributed by atoms with E-state index in [1.165, 1.54) is 6.33 Å². The van der Waals surface area contributed by atoms with Gasteiger partial charge >= 0.3 is 0 Å². The van der Waals surface area contributed by atoms with Gasteiger partial charge in [0.1, 0.15) is 18.0 Å². The number of hydrogen-bond donors (Lipinski definition) is 2. The number of anilines is 4. The third kappa shape index (κ3) is 4.48. The second kappa shape index (κ2) is 7.69. The Morgan fingerprint density at radius 2 is 1.89 bits per heavy atom. The quantitative estimate of drug-likeness (QED) is 0.797. The molecule has 1 aromatic carbocycles. The Balaban J connectivity index is 1.49. The molecule has 144 valence electrons. The first-order valence-electron chi connectivity index (χ1n) is 9.07. The van der Waals surface area contributed by atoms with Gasteiger partial charge in [-0.05, 0) is 18.6 Å². The van der Waals surface area contributed by atoms with Crippen LogP contribution >= 0.6 is 0 Å². The summed E-state index contributed by atoms with van der Waals surface area (Å²) in [6.45, 7) is 3.15.